The summed E-state index contributed by atoms with van der Waals surface area (Å²) in [5.41, 5.74) is 7.03. The highest BCUT2D eigenvalue weighted by Gasteiger charge is 2.45. The average molecular weight is 1970 g/mol. The molecular formula is C100H132N4O20S8. The Hall–Kier alpha value is -7.86. The lowest BCUT2D eigenvalue weighted by Gasteiger charge is -2.34. The van der Waals surface area contributed by atoms with E-state index in [2.05, 4.69) is 0 Å². The van der Waals surface area contributed by atoms with Gasteiger partial charge < -0.3 is 18.9 Å². The molecule has 24 nitrogen and oxygen atoms in total. The van der Waals surface area contributed by atoms with Crippen molar-refractivity contribution in [1.29, 1.82) is 0 Å². The largest absolute Gasteiger partial charge is 0.463 e. The number of nitrogens with zero attached hydrogens (tertiary/aromatic N) is 4. The van der Waals surface area contributed by atoms with Gasteiger partial charge in [-0.3, -0.25) is 38.4 Å². The fraction of sp³-hybridized carbons (Fsp3) is 0.500. The molecule has 4 aliphatic heterocycles. The number of ether oxygens (including phenoxy) is 4. The molecule has 0 aliphatic carbocycles. The van der Waals surface area contributed by atoms with Crippen molar-refractivity contribution in [2.45, 2.75) is 236 Å². The zero-order valence-corrected chi connectivity index (χ0v) is 84.9. The van der Waals surface area contributed by atoms with Gasteiger partial charge in [0.1, 0.15) is 0 Å². The van der Waals surface area contributed by atoms with Crippen LogP contribution >= 0.6 is 47.0 Å². The van der Waals surface area contributed by atoms with Gasteiger partial charge in [-0.15, -0.1) is 0 Å². The number of rotatable bonds is 39. The van der Waals surface area contributed by atoms with Crippen LogP contribution in [0.15, 0.2) is 208 Å². The fourth-order valence-corrected chi connectivity index (χ4v) is 27.1. The number of aryl methyl sites for hydroxylation is 6. The number of hydrogen-bond acceptors (Lipinski definition) is 24. The Kier molecular flexibility index (Phi) is 44.0. The van der Waals surface area contributed by atoms with Crippen LogP contribution in [0.4, 0.5) is 0 Å². The van der Waals surface area contributed by atoms with E-state index in [1.807, 2.05) is 145 Å². The number of esters is 4. The molecule has 11 rings (SSSR count). The van der Waals surface area contributed by atoms with Gasteiger partial charge in [-0.1, -0.05) is 177 Å². The van der Waals surface area contributed by atoms with Gasteiger partial charge in [-0.25, -0.2) is 33.7 Å². The van der Waals surface area contributed by atoms with Crippen LogP contribution in [-0.4, -0.2) is 219 Å². The second-order valence-corrected chi connectivity index (χ2v) is 47.2. The predicted molar refractivity (Wildman–Crippen MR) is 526 cm³/mol. The van der Waals surface area contributed by atoms with Gasteiger partial charge in [0, 0.05) is 97.9 Å². The van der Waals surface area contributed by atoms with Crippen LogP contribution in [-0.2, 0) is 123 Å². The Morgan fingerprint density at radius 3 is 0.826 bits per heavy atom. The first-order valence-electron chi connectivity index (χ1n) is 45.3. The van der Waals surface area contributed by atoms with Gasteiger partial charge in [0.15, 0.2) is 23.1 Å². The van der Waals surface area contributed by atoms with Crippen LogP contribution in [0.2, 0.25) is 0 Å². The maximum absolute atomic E-state index is 13.4. The highest BCUT2D eigenvalue weighted by molar-refractivity contribution is 8.00. The summed E-state index contributed by atoms with van der Waals surface area (Å²) >= 11 is 6.25. The Bertz CT molecular complexity index is 5190. The van der Waals surface area contributed by atoms with Crippen LogP contribution in [0.1, 0.15) is 160 Å². The number of carbonyl (C=O) groups excluding carboxylic acids is 8. The molecule has 0 saturated carbocycles. The molecule has 4 fully saturated rings. The number of hydrogen-bond donors (Lipinski definition) is 0. The van der Waals surface area contributed by atoms with E-state index in [-0.39, 0.29) is 131 Å². The number of carbonyl (C=O) groups is 8. The molecule has 0 spiro atoms. The smallest absolute Gasteiger partial charge is 0.309 e. The Morgan fingerprint density at radius 2 is 0.561 bits per heavy atom. The third kappa shape index (κ3) is 33.3. The molecule has 4 saturated heterocycles. The van der Waals surface area contributed by atoms with Crippen LogP contribution in [0.25, 0.3) is 0 Å². The second-order valence-electron chi connectivity index (χ2n) is 35.0. The molecule has 7 aromatic rings. The first-order chi connectivity index (χ1) is 62.6. The van der Waals surface area contributed by atoms with Crippen LogP contribution in [0, 0.1) is 50.4 Å². The summed E-state index contributed by atoms with van der Waals surface area (Å²) in [5, 5.41) is 0. The fourth-order valence-electron chi connectivity index (χ4n) is 15.5. The molecule has 0 radical (unpaired) electrons. The van der Waals surface area contributed by atoms with Crippen molar-refractivity contribution in [2.24, 2.45) is 29.6 Å². The van der Waals surface area contributed by atoms with E-state index in [4.69, 9.17) is 18.9 Å². The van der Waals surface area contributed by atoms with Crippen molar-refractivity contribution in [2.75, 3.05) is 72.2 Å². The van der Waals surface area contributed by atoms with E-state index >= 15 is 0 Å². The normalized spacial score (nSPS) is 18.2. The second kappa shape index (κ2) is 53.0. The summed E-state index contributed by atoms with van der Waals surface area (Å²) in [6, 6.07) is 52.7. The minimum Gasteiger partial charge on any atom is -0.463 e. The first-order valence-corrected chi connectivity index (χ1v) is 55.7. The molecule has 32 heteroatoms. The van der Waals surface area contributed by atoms with Crippen LogP contribution < -0.4 is 0 Å². The molecule has 0 N–H and O–H groups in total. The number of Topliss-reactive ketones (excluding diaryl/α,β-unsaturated/α-hetero) is 4. The Labute approximate surface area is 800 Å². The van der Waals surface area contributed by atoms with Gasteiger partial charge in [-0.05, 0) is 198 Å². The van der Waals surface area contributed by atoms with Gasteiger partial charge in [-0.2, -0.15) is 64.3 Å². The number of benzene rings is 7. The van der Waals surface area contributed by atoms with E-state index in [1.165, 1.54) is 17.2 Å². The van der Waals surface area contributed by atoms with Gasteiger partial charge in [0.25, 0.3) is 0 Å². The quantitative estimate of drug-likeness (QED) is 0.0255. The van der Waals surface area contributed by atoms with Crippen molar-refractivity contribution < 1.29 is 91.0 Å². The number of ketones is 4. The maximum Gasteiger partial charge on any atom is 0.309 e. The lowest BCUT2D eigenvalue weighted by Crippen LogP contribution is -2.50. The topological polar surface area (TPSA) is 323 Å². The summed E-state index contributed by atoms with van der Waals surface area (Å²) < 4.78 is 134. The van der Waals surface area contributed by atoms with Crippen molar-refractivity contribution in [1.82, 2.24) is 17.2 Å². The third-order valence-electron chi connectivity index (χ3n) is 22.5. The lowest BCUT2D eigenvalue weighted by atomic mass is 9.91. The molecule has 0 amide bonds. The molecule has 720 valence electrons. The van der Waals surface area contributed by atoms with Crippen molar-refractivity contribution in [3.8, 4) is 0 Å². The molecular weight excluding hydrogens is 1830 g/mol. The summed E-state index contributed by atoms with van der Waals surface area (Å²) in [6.45, 7) is 27.0. The van der Waals surface area contributed by atoms with Crippen molar-refractivity contribution in [3.63, 3.8) is 0 Å². The molecule has 8 atom stereocenters. The van der Waals surface area contributed by atoms with E-state index in [0.717, 1.165) is 45.4 Å². The van der Waals surface area contributed by atoms with E-state index in [9.17, 15) is 72.0 Å². The standard InChI is InChI=1S/2C26H33NO5S2.C25H31NO5S2.C23H35NO5S2/c2*1-19(2)32-26(29)22(12-11-21-7-5-4-6-8-21)17-25(28)24-18-33-16-15-27(24)34(30,31)23-13-9-20(3)10-14-23;1-18(2)31-25(28)21(15-20-7-5-4-6-8-20)16-24(27)23-17-32-14-13-26(23)33(29,30)22-11-9-19(3)10-12-22;1-6-18-7-9-20(10-8-18)31(27,28)24-11-12-30-15-21(24)22(25)14-19(13-16(2)3)23(26)29-17(4)5/h2*4-10,13-14,19,22,24H,11-12,15-18H2,1-3H3;4-12,18,21,23H,13-17H2,1-3H3;7-10,16-17,19,21H,6,11-15H2,1-5H3/t22-,24+;22-,24-;21-,23-;19-,21-/m1000/s1. The zero-order valence-electron chi connectivity index (χ0n) is 78.4. The minimum atomic E-state index is -3.82. The van der Waals surface area contributed by atoms with E-state index in [1.54, 1.807) is 187 Å². The Balaban J connectivity index is 0.000000217. The predicted octanol–water partition coefficient (Wildman–Crippen LogP) is 16.3. The number of sulfonamides is 4. The third-order valence-corrected chi connectivity index (χ3v) is 34.3. The minimum absolute atomic E-state index is 0.00421. The summed E-state index contributed by atoms with van der Waals surface area (Å²) in [5.74, 6) is -0.754. The Morgan fingerprint density at radius 1 is 0.318 bits per heavy atom. The highest BCUT2D eigenvalue weighted by atomic mass is 32.2. The number of thioether (sulfide) groups is 4. The first kappa shape index (κ1) is 109. The van der Waals surface area contributed by atoms with E-state index < -0.39 is 106 Å². The maximum atomic E-state index is 13.4. The van der Waals surface area contributed by atoms with Gasteiger partial charge >= 0.3 is 23.9 Å². The van der Waals surface area contributed by atoms with Crippen LogP contribution in [0.3, 0.4) is 0 Å². The highest BCUT2D eigenvalue weighted by Crippen LogP contribution is 2.35. The molecule has 0 unspecified atom stereocenters. The summed E-state index contributed by atoms with van der Waals surface area (Å²) in [7, 11) is -15.3. The van der Waals surface area contributed by atoms with E-state index in [0.29, 0.717) is 84.5 Å². The monoisotopic (exact) mass is 1960 g/mol. The van der Waals surface area contributed by atoms with Crippen LogP contribution in [0.5, 0.6) is 0 Å². The molecule has 0 aromatic heterocycles. The van der Waals surface area contributed by atoms with Crippen molar-refractivity contribution >= 4 is 134 Å². The zero-order chi connectivity index (χ0) is 96.6. The molecule has 4 heterocycles. The van der Waals surface area contributed by atoms with Crippen molar-refractivity contribution in [3.05, 3.63) is 227 Å². The summed E-state index contributed by atoms with van der Waals surface area (Å²) in [6.07, 6.45) is 2.65. The lowest BCUT2D eigenvalue weighted by molar-refractivity contribution is -0.155. The van der Waals surface area contributed by atoms with Gasteiger partial charge in [0.05, 0.1) is 91.8 Å². The molecule has 4 aliphatic rings. The summed E-state index contributed by atoms with van der Waals surface area (Å²) in [4.78, 5) is 105. The molecule has 0 bridgehead atoms. The molecule has 132 heavy (non-hydrogen) atoms. The SMILES string of the molecule is CCc1ccc(S(=O)(=O)N2CCSC[C@H]2C(=O)C[C@H](CC(C)C)C(=O)OC(C)C)cc1.Cc1ccc(S(=O)(=O)N2CCSC[C@H]2C(=O)C[C@@H](CCc2ccccc2)C(=O)OC(C)C)cc1.Cc1ccc(S(=O)(=O)N2CCSC[C@H]2C(=O)C[C@H](CCc2ccccc2)C(=O)OC(C)C)cc1.Cc1ccc(S(=O)(=O)N2CCSC[C@H]2C(=O)C[C@H](Cc2ccccc2)C(=O)OC(C)C)cc1. The average Bonchev–Trinajstić information content (AvgIpc) is 0.795. The molecule has 7 aromatic carbocycles. The van der Waals surface area contributed by atoms with Gasteiger partial charge in [0.2, 0.25) is 40.1 Å².